The molecule has 0 aliphatic carbocycles. The Kier molecular flexibility index (Phi) is 7.51. The SMILES string of the molecule is O=C(Nc1nn(C(c2ccccc2)(c2ccccc2)c2ccccc2)c2ncc(S(=O)(=O)c3cccc(F)c3)cc12)c1cccs1. The van der Waals surface area contributed by atoms with Gasteiger partial charge in [-0.3, -0.25) is 4.79 Å². The van der Waals surface area contributed by atoms with Crippen molar-refractivity contribution in [2.24, 2.45) is 0 Å². The molecule has 4 aromatic carbocycles. The molecule has 0 radical (unpaired) electrons. The minimum absolute atomic E-state index is 0.129. The summed E-state index contributed by atoms with van der Waals surface area (Å²) in [7, 11) is -4.17. The van der Waals surface area contributed by atoms with Gasteiger partial charge < -0.3 is 5.32 Å². The van der Waals surface area contributed by atoms with Crippen LogP contribution in [-0.4, -0.2) is 29.1 Å². The number of pyridine rings is 1. The first kappa shape index (κ1) is 29.3. The van der Waals surface area contributed by atoms with Crippen LogP contribution in [0.4, 0.5) is 10.2 Å². The summed E-state index contributed by atoms with van der Waals surface area (Å²) in [6, 6.07) is 39.2. The van der Waals surface area contributed by atoms with E-state index in [2.05, 4.69) is 5.32 Å². The molecule has 0 aliphatic heterocycles. The second-order valence-corrected chi connectivity index (χ2v) is 13.4. The maximum atomic E-state index is 14.1. The van der Waals surface area contributed by atoms with Gasteiger partial charge in [-0.15, -0.1) is 11.3 Å². The maximum Gasteiger partial charge on any atom is 0.266 e. The fraction of sp³-hybridized carbons (Fsp3) is 0.0278. The average Bonchev–Trinajstić information content (AvgIpc) is 3.76. The Labute approximate surface area is 268 Å². The molecule has 226 valence electrons. The van der Waals surface area contributed by atoms with Gasteiger partial charge in [0, 0.05) is 6.20 Å². The van der Waals surface area contributed by atoms with E-state index >= 15 is 0 Å². The van der Waals surface area contributed by atoms with Crippen molar-refractivity contribution in [1.29, 1.82) is 0 Å². The fourth-order valence-corrected chi connectivity index (χ4v) is 7.59. The maximum absolute atomic E-state index is 14.1. The number of sulfone groups is 1. The lowest BCUT2D eigenvalue weighted by Gasteiger charge is -2.36. The number of halogens is 1. The molecule has 0 bridgehead atoms. The van der Waals surface area contributed by atoms with Gasteiger partial charge in [-0.25, -0.2) is 22.5 Å². The lowest BCUT2D eigenvalue weighted by molar-refractivity contribution is 0.103. The van der Waals surface area contributed by atoms with E-state index in [-0.39, 0.29) is 15.6 Å². The minimum Gasteiger partial charge on any atom is -0.304 e. The predicted molar refractivity (Wildman–Crippen MR) is 176 cm³/mol. The van der Waals surface area contributed by atoms with Gasteiger partial charge in [-0.1, -0.05) is 103 Å². The Morgan fingerprint density at radius 1 is 0.739 bits per heavy atom. The smallest absolute Gasteiger partial charge is 0.266 e. The zero-order chi connectivity index (χ0) is 31.7. The van der Waals surface area contributed by atoms with Crippen molar-refractivity contribution in [3.05, 3.63) is 172 Å². The van der Waals surface area contributed by atoms with Crippen LogP contribution in [0.1, 0.15) is 26.4 Å². The Morgan fingerprint density at radius 2 is 1.35 bits per heavy atom. The predicted octanol–water partition coefficient (Wildman–Crippen LogP) is 7.56. The summed E-state index contributed by atoms with van der Waals surface area (Å²) < 4.78 is 43.2. The van der Waals surface area contributed by atoms with Crippen LogP contribution in [0.15, 0.2) is 155 Å². The lowest BCUT2D eigenvalue weighted by atomic mass is 9.77. The zero-order valence-electron chi connectivity index (χ0n) is 24.1. The summed E-state index contributed by atoms with van der Waals surface area (Å²) in [5.74, 6) is -0.945. The number of amides is 1. The van der Waals surface area contributed by atoms with Gasteiger partial charge in [0.25, 0.3) is 5.91 Å². The van der Waals surface area contributed by atoms with E-state index in [1.807, 2.05) is 91.0 Å². The third-order valence-electron chi connectivity index (χ3n) is 7.78. The third kappa shape index (κ3) is 4.97. The Morgan fingerprint density at radius 3 is 1.89 bits per heavy atom. The number of carbonyl (C=O) groups is 1. The number of rotatable bonds is 8. The first-order chi connectivity index (χ1) is 22.4. The van der Waals surface area contributed by atoms with E-state index in [4.69, 9.17) is 10.1 Å². The van der Waals surface area contributed by atoms with E-state index in [9.17, 15) is 17.6 Å². The third-order valence-corrected chi connectivity index (χ3v) is 10.4. The van der Waals surface area contributed by atoms with Crippen molar-refractivity contribution in [1.82, 2.24) is 14.8 Å². The number of benzene rings is 4. The first-order valence-corrected chi connectivity index (χ1v) is 16.7. The van der Waals surface area contributed by atoms with Crippen molar-refractivity contribution in [3.63, 3.8) is 0 Å². The average molecular weight is 645 g/mol. The van der Waals surface area contributed by atoms with E-state index in [0.717, 1.165) is 22.8 Å². The molecular formula is C36H25FN4O3S2. The summed E-state index contributed by atoms with van der Waals surface area (Å²) >= 11 is 1.27. The molecule has 1 N–H and O–H groups in total. The van der Waals surface area contributed by atoms with Gasteiger partial charge in [0.15, 0.2) is 11.5 Å². The monoisotopic (exact) mass is 644 g/mol. The molecule has 0 aliphatic rings. The largest absolute Gasteiger partial charge is 0.304 e. The molecule has 0 atom stereocenters. The summed E-state index contributed by atoms with van der Waals surface area (Å²) in [5, 5.41) is 10.0. The topological polar surface area (TPSA) is 93.9 Å². The molecule has 46 heavy (non-hydrogen) atoms. The number of hydrogen-bond donors (Lipinski definition) is 1. The van der Waals surface area contributed by atoms with Crippen LogP contribution in [0, 0.1) is 5.82 Å². The highest BCUT2D eigenvalue weighted by molar-refractivity contribution is 7.91. The number of aromatic nitrogens is 3. The molecule has 7 aromatic rings. The van der Waals surface area contributed by atoms with Gasteiger partial charge in [-0.05, 0) is 52.4 Å². The van der Waals surface area contributed by atoms with Crippen molar-refractivity contribution >= 4 is 43.9 Å². The summed E-state index contributed by atoms with van der Waals surface area (Å²) in [6.07, 6.45) is 1.25. The molecule has 0 unspecified atom stereocenters. The molecule has 10 heteroatoms. The molecule has 0 spiro atoms. The van der Waals surface area contributed by atoms with E-state index in [1.54, 1.807) is 22.2 Å². The quantitative estimate of drug-likeness (QED) is 0.172. The summed E-state index contributed by atoms with van der Waals surface area (Å²) in [4.78, 5) is 18.2. The van der Waals surface area contributed by atoms with Crippen molar-refractivity contribution < 1.29 is 17.6 Å². The van der Waals surface area contributed by atoms with Gasteiger partial charge in [0.1, 0.15) is 11.4 Å². The number of anilines is 1. The van der Waals surface area contributed by atoms with Crippen molar-refractivity contribution in [2.45, 2.75) is 15.3 Å². The molecule has 0 saturated heterocycles. The van der Waals surface area contributed by atoms with Crippen LogP contribution in [0.3, 0.4) is 0 Å². The van der Waals surface area contributed by atoms with Crippen LogP contribution in [0.25, 0.3) is 11.0 Å². The van der Waals surface area contributed by atoms with Crippen molar-refractivity contribution in [3.8, 4) is 0 Å². The lowest BCUT2D eigenvalue weighted by Crippen LogP contribution is -2.38. The molecule has 7 nitrogen and oxygen atoms in total. The Hall–Kier alpha value is -5.45. The van der Waals surface area contributed by atoms with E-state index in [0.29, 0.717) is 15.9 Å². The number of carbonyl (C=O) groups excluding carboxylic acids is 1. The molecule has 1 amide bonds. The Bertz CT molecular complexity index is 2180. The number of nitrogens with one attached hydrogen (secondary N) is 1. The zero-order valence-corrected chi connectivity index (χ0v) is 25.8. The second kappa shape index (κ2) is 11.8. The van der Waals surface area contributed by atoms with Gasteiger partial charge in [0.2, 0.25) is 9.84 Å². The molecule has 3 aromatic heterocycles. The molecular weight excluding hydrogens is 620 g/mol. The van der Waals surface area contributed by atoms with Gasteiger partial charge in [0.05, 0.1) is 20.1 Å². The van der Waals surface area contributed by atoms with E-state index < -0.39 is 27.1 Å². The van der Waals surface area contributed by atoms with Crippen LogP contribution in [-0.2, 0) is 15.4 Å². The number of thiophene rings is 1. The number of nitrogens with zero attached hydrogens (tertiary/aromatic N) is 3. The van der Waals surface area contributed by atoms with Gasteiger partial charge >= 0.3 is 0 Å². The summed E-state index contributed by atoms with van der Waals surface area (Å²) in [6.45, 7) is 0. The normalized spacial score (nSPS) is 11.8. The summed E-state index contributed by atoms with van der Waals surface area (Å²) in [5.41, 5.74) is 1.84. The van der Waals surface area contributed by atoms with Crippen LogP contribution in [0.5, 0.6) is 0 Å². The fourth-order valence-electron chi connectivity index (χ4n) is 5.71. The number of fused-ring (bicyclic) bond motifs is 1. The molecule has 7 rings (SSSR count). The second-order valence-electron chi connectivity index (χ2n) is 10.5. The highest BCUT2D eigenvalue weighted by Crippen LogP contribution is 2.43. The highest BCUT2D eigenvalue weighted by Gasteiger charge is 2.41. The van der Waals surface area contributed by atoms with Crippen LogP contribution < -0.4 is 5.32 Å². The molecule has 0 saturated carbocycles. The van der Waals surface area contributed by atoms with E-state index in [1.165, 1.54) is 41.8 Å². The number of hydrogen-bond acceptors (Lipinski definition) is 6. The minimum atomic E-state index is -4.17. The van der Waals surface area contributed by atoms with Crippen molar-refractivity contribution in [2.75, 3.05) is 5.32 Å². The standard InChI is InChI=1S/C36H25FN4O3S2/c37-28-18-10-19-29(22-28)46(43,44)30-23-31-33(39-35(42)32-20-11-21-45-32)40-41(34(31)38-24-30)36(25-12-4-1-5-13-25,26-14-6-2-7-15-26)27-16-8-3-9-17-27/h1-24H,(H,39,40,42). The first-order valence-electron chi connectivity index (χ1n) is 14.3. The van der Waals surface area contributed by atoms with Crippen LogP contribution in [0.2, 0.25) is 0 Å². The van der Waals surface area contributed by atoms with Gasteiger partial charge in [-0.2, -0.15) is 5.10 Å². The Balaban J connectivity index is 1.55. The van der Waals surface area contributed by atoms with Crippen LogP contribution >= 0.6 is 11.3 Å². The molecule has 3 heterocycles. The molecule has 0 fully saturated rings. The highest BCUT2D eigenvalue weighted by atomic mass is 32.2.